The van der Waals surface area contributed by atoms with Gasteiger partial charge in [-0.05, 0) is 12.5 Å². The van der Waals surface area contributed by atoms with Gasteiger partial charge in [-0.25, -0.2) is 4.79 Å². The van der Waals surface area contributed by atoms with E-state index in [2.05, 4.69) is 0 Å². The number of carbonyl (C=O) groups is 2. The van der Waals surface area contributed by atoms with E-state index < -0.39 is 17.1 Å². The van der Waals surface area contributed by atoms with Gasteiger partial charge in [0.2, 0.25) is 0 Å². The number of esters is 1. The Bertz CT molecular complexity index is 802. The lowest BCUT2D eigenvalue weighted by Crippen LogP contribution is -2.26. The van der Waals surface area contributed by atoms with Gasteiger partial charge < -0.3 is 10.5 Å². The zero-order chi connectivity index (χ0) is 17.8. The Kier molecular flexibility index (Phi) is 5.24. The summed E-state index contributed by atoms with van der Waals surface area (Å²) in [6, 6.07) is 18.6. The maximum atomic E-state index is 13.0. The van der Waals surface area contributed by atoms with Gasteiger partial charge in [0.25, 0.3) is 0 Å². The third-order valence-electron chi connectivity index (χ3n) is 4.10. The van der Waals surface area contributed by atoms with Crippen LogP contribution in [0.25, 0.3) is 0 Å². The predicted octanol–water partition coefficient (Wildman–Crippen LogP) is 3.50. The number of ether oxygens (including phenoxy) is 1. The van der Waals surface area contributed by atoms with Crippen LogP contribution in [0.4, 0.5) is 0 Å². The van der Waals surface area contributed by atoms with Gasteiger partial charge in [0.05, 0.1) is 22.5 Å². The Labute approximate surface area is 151 Å². The largest absolute Gasteiger partial charge is 0.463 e. The van der Waals surface area contributed by atoms with Crippen LogP contribution in [0.1, 0.15) is 28.8 Å². The Balaban J connectivity index is 2.02. The summed E-state index contributed by atoms with van der Waals surface area (Å²) in [4.78, 5) is 25.5. The van der Waals surface area contributed by atoms with Crippen molar-refractivity contribution in [2.75, 3.05) is 6.61 Å². The fraction of sp³-hybridized carbons (Fsp3) is 0.200. The molecule has 5 heteroatoms. The average Bonchev–Trinajstić information content (AvgIpc) is 3.00. The lowest BCUT2D eigenvalue weighted by atomic mass is 9.85. The second-order valence-corrected chi connectivity index (χ2v) is 6.84. The minimum absolute atomic E-state index is 0.0401. The standard InChI is InChI=1S/C20H19NO3S/c1-2-24-20(23)16-15(13-9-5-3-6-10-13)18(25-19(16)21)17(22)14-11-7-4-8-12-14/h3-12,15,18H,2,21H2,1H3/t15-,18-/m1/s1. The summed E-state index contributed by atoms with van der Waals surface area (Å²) >= 11 is 1.24. The maximum absolute atomic E-state index is 13.0. The topological polar surface area (TPSA) is 69.4 Å². The zero-order valence-corrected chi connectivity index (χ0v) is 14.7. The van der Waals surface area contributed by atoms with Crippen molar-refractivity contribution in [3.63, 3.8) is 0 Å². The van der Waals surface area contributed by atoms with E-state index in [-0.39, 0.29) is 12.4 Å². The van der Waals surface area contributed by atoms with Gasteiger partial charge in [0, 0.05) is 11.5 Å². The molecule has 0 aromatic heterocycles. The highest BCUT2D eigenvalue weighted by molar-refractivity contribution is 8.04. The smallest absolute Gasteiger partial charge is 0.337 e. The number of hydrogen-bond acceptors (Lipinski definition) is 5. The van der Waals surface area contributed by atoms with Crippen LogP contribution in [-0.2, 0) is 9.53 Å². The summed E-state index contributed by atoms with van der Waals surface area (Å²) in [7, 11) is 0. The second kappa shape index (κ2) is 7.57. The molecule has 4 nitrogen and oxygen atoms in total. The first-order valence-corrected chi connectivity index (χ1v) is 8.99. The Morgan fingerprint density at radius 3 is 2.24 bits per heavy atom. The first-order chi connectivity index (χ1) is 12.1. The third kappa shape index (κ3) is 3.46. The Morgan fingerprint density at radius 1 is 1.04 bits per heavy atom. The van der Waals surface area contributed by atoms with E-state index in [1.165, 1.54) is 11.8 Å². The number of hydrogen-bond donors (Lipinski definition) is 1. The molecule has 0 bridgehead atoms. The molecule has 2 N–H and O–H groups in total. The average molecular weight is 353 g/mol. The summed E-state index contributed by atoms with van der Waals surface area (Å²) in [6.07, 6.45) is 0. The van der Waals surface area contributed by atoms with Crippen molar-refractivity contribution in [2.24, 2.45) is 5.73 Å². The molecule has 0 aliphatic carbocycles. The van der Waals surface area contributed by atoms with E-state index in [1.54, 1.807) is 19.1 Å². The summed E-state index contributed by atoms with van der Waals surface area (Å²) in [5.74, 6) is -0.913. The lowest BCUT2D eigenvalue weighted by molar-refractivity contribution is -0.138. The molecule has 2 aromatic rings. The van der Waals surface area contributed by atoms with Gasteiger partial charge in [0.1, 0.15) is 0 Å². The van der Waals surface area contributed by atoms with E-state index in [9.17, 15) is 9.59 Å². The quantitative estimate of drug-likeness (QED) is 0.658. The van der Waals surface area contributed by atoms with Gasteiger partial charge in [0.15, 0.2) is 5.78 Å². The molecule has 25 heavy (non-hydrogen) atoms. The summed E-state index contributed by atoms with van der Waals surface area (Å²) in [5, 5.41) is -0.120. The number of thioether (sulfide) groups is 1. The number of nitrogens with two attached hydrogens (primary N) is 1. The number of benzene rings is 2. The van der Waals surface area contributed by atoms with Crippen molar-refractivity contribution < 1.29 is 14.3 Å². The van der Waals surface area contributed by atoms with E-state index >= 15 is 0 Å². The molecule has 128 valence electrons. The number of rotatable bonds is 5. The molecule has 0 radical (unpaired) electrons. The third-order valence-corrected chi connectivity index (χ3v) is 5.32. The van der Waals surface area contributed by atoms with Gasteiger partial charge in [-0.3, -0.25) is 4.79 Å². The van der Waals surface area contributed by atoms with Crippen LogP contribution in [0.15, 0.2) is 71.3 Å². The summed E-state index contributed by atoms with van der Waals surface area (Å²) < 4.78 is 5.18. The highest BCUT2D eigenvalue weighted by Crippen LogP contribution is 2.47. The minimum Gasteiger partial charge on any atom is -0.463 e. The van der Waals surface area contributed by atoms with Crippen LogP contribution in [0.3, 0.4) is 0 Å². The van der Waals surface area contributed by atoms with Crippen molar-refractivity contribution in [1.82, 2.24) is 0 Å². The molecule has 0 saturated heterocycles. The zero-order valence-electron chi connectivity index (χ0n) is 13.8. The molecular weight excluding hydrogens is 334 g/mol. The van der Waals surface area contributed by atoms with Crippen LogP contribution in [-0.4, -0.2) is 23.6 Å². The molecule has 1 aliphatic rings. The molecule has 1 aliphatic heterocycles. The fourth-order valence-corrected chi connectivity index (χ4v) is 4.27. The molecule has 0 unspecified atom stereocenters. The molecule has 2 atom stereocenters. The minimum atomic E-state index is -0.482. The van der Waals surface area contributed by atoms with E-state index in [0.717, 1.165) is 5.56 Å². The highest BCUT2D eigenvalue weighted by atomic mass is 32.2. The van der Waals surface area contributed by atoms with Crippen molar-refractivity contribution in [1.29, 1.82) is 0 Å². The SMILES string of the molecule is CCOC(=O)C1=C(N)S[C@@H](C(=O)c2ccccc2)[C@@H]1c1ccccc1. The van der Waals surface area contributed by atoms with Crippen molar-refractivity contribution in [2.45, 2.75) is 18.1 Å². The van der Waals surface area contributed by atoms with Crippen LogP contribution in [0, 0.1) is 0 Å². The van der Waals surface area contributed by atoms with Gasteiger partial charge in [-0.15, -0.1) is 0 Å². The Morgan fingerprint density at radius 2 is 1.64 bits per heavy atom. The predicted molar refractivity (Wildman–Crippen MR) is 99.2 cm³/mol. The molecule has 0 amide bonds. The first-order valence-electron chi connectivity index (χ1n) is 8.11. The first kappa shape index (κ1) is 17.3. The van der Waals surface area contributed by atoms with Crippen molar-refractivity contribution in [3.8, 4) is 0 Å². The maximum Gasteiger partial charge on any atom is 0.337 e. The monoisotopic (exact) mass is 353 g/mol. The van der Waals surface area contributed by atoms with Gasteiger partial charge in [-0.1, -0.05) is 72.4 Å². The number of ketones is 1. The second-order valence-electron chi connectivity index (χ2n) is 5.66. The van der Waals surface area contributed by atoms with Gasteiger partial charge in [-0.2, -0.15) is 0 Å². The molecule has 0 spiro atoms. The van der Waals surface area contributed by atoms with E-state index in [0.29, 0.717) is 16.2 Å². The summed E-state index contributed by atoms with van der Waals surface area (Å²) in [5.41, 5.74) is 8.01. The van der Waals surface area contributed by atoms with Crippen LogP contribution in [0.5, 0.6) is 0 Å². The van der Waals surface area contributed by atoms with Crippen LogP contribution < -0.4 is 5.73 Å². The lowest BCUT2D eigenvalue weighted by Gasteiger charge is -2.20. The van der Waals surface area contributed by atoms with Gasteiger partial charge >= 0.3 is 5.97 Å². The molecular formula is C20H19NO3S. The number of Topliss-reactive ketones (excluding diaryl/α,β-unsaturated/α-hetero) is 1. The molecule has 1 heterocycles. The molecule has 0 saturated carbocycles. The fourth-order valence-electron chi connectivity index (χ4n) is 2.98. The number of carbonyl (C=O) groups excluding carboxylic acids is 2. The highest BCUT2D eigenvalue weighted by Gasteiger charge is 2.43. The van der Waals surface area contributed by atoms with Crippen molar-refractivity contribution >= 4 is 23.5 Å². The van der Waals surface area contributed by atoms with Crippen molar-refractivity contribution in [3.05, 3.63) is 82.4 Å². The molecule has 2 aromatic carbocycles. The van der Waals surface area contributed by atoms with Crippen LogP contribution >= 0.6 is 11.8 Å². The van der Waals surface area contributed by atoms with E-state index in [4.69, 9.17) is 10.5 Å². The summed E-state index contributed by atoms with van der Waals surface area (Å²) in [6.45, 7) is 2.01. The molecule has 3 rings (SSSR count). The van der Waals surface area contributed by atoms with Crippen LogP contribution in [0.2, 0.25) is 0 Å². The van der Waals surface area contributed by atoms with E-state index in [1.807, 2.05) is 48.5 Å². The Hall–Kier alpha value is -2.53. The molecule has 0 fully saturated rings. The normalized spacial score (nSPS) is 19.7.